The normalized spacial score (nSPS) is 17.9. The summed E-state index contributed by atoms with van der Waals surface area (Å²) >= 11 is 0. The minimum Gasteiger partial charge on any atom is -0.493 e. The summed E-state index contributed by atoms with van der Waals surface area (Å²) in [6.45, 7) is 13.0. The van der Waals surface area contributed by atoms with Crippen LogP contribution in [0.4, 0.5) is 10.5 Å². The average Bonchev–Trinajstić information content (AvgIpc) is 2.81. The van der Waals surface area contributed by atoms with E-state index in [9.17, 15) is 4.79 Å². The first-order valence-electron chi connectivity index (χ1n) is 12.5. The maximum atomic E-state index is 12.4. The van der Waals surface area contributed by atoms with Crippen LogP contribution in [0.25, 0.3) is 10.8 Å². The standard InChI is InChI=1S/C27H39N3O3/c1-27(2,3)33-26(31)30-19-17-29(18-20-30)24-12-13-25(23-11-6-5-10-22(23)24)32-21-9-16-28-14-7-4-8-15-28/h5-6,10-13H,4,7-9,14-21H2,1-3H3. The van der Waals surface area contributed by atoms with Crippen molar-refractivity contribution >= 4 is 22.6 Å². The van der Waals surface area contributed by atoms with Crippen LogP contribution in [0.5, 0.6) is 5.75 Å². The van der Waals surface area contributed by atoms with Crippen LogP contribution in [0.2, 0.25) is 0 Å². The molecule has 4 rings (SSSR count). The van der Waals surface area contributed by atoms with Gasteiger partial charge in [-0.15, -0.1) is 0 Å². The van der Waals surface area contributed by atoms with E-state index in [1.165, 1.54) is 43.4 Å². The smallest absolute Gasteiger partial charge is 0.410 e. The third-order valence-corrected chi connectivity index (χ3v) is 6.46. The largest absolute Gasteiger partial charge is 0.493 e. The highest BCUT2D eigenvalue weighted by Gasteiger charge is 2.26. The lowest BCUT2D eigenvalue weighted by atomic mass is 10.1. The quantitative estimate of drug-likeness (QED) is 0.566. The molecule has 2 aromatic carbocycles. The van der Waals surface area contributed by atoms with E-state index in [2.05, 4.69) is 46.2 Å². The van der Waals surface area contributed by atoms with Crippen molar-refractivity contribution in [1.29, 1.82) is 0 Å². The van der Waals surface area contributed by atoms with Crippen molar-refractivity contribution in [2.24, 2.45) is 0 Å². The van der Waals surface area contributed by atoms with Gasteiger partial charge >= 0.3 is 6.09 Å². The monoisotopic (exact) mass is 453 g/mol. The van der Waals surface area contributed by atoms with Crippen LogP contribution < -0.4 is 9.64 Å². The Kier molecular flexibility index (Phi) is 7.63. The molecule has 2 fully saturated rings. The topological polar surface area (TPSA) is 45.3 Å². The van der Waals surface area contributed by atoms with E-state index in [0.29, 0.717) is 13.1 Å². The maximum Gasteiger partial charge on any atom is 0.410 e. The summed E-state index contributed by atoms with van der Waals surface area (Å²) in [4.78, 5) is 19.1. The highest BCUT2D eigenvalue weighted by atomic mass is 16.6. The molecule has 0 saturated carbocycles. The highest BCUT2D eigenvalue weighted by molar-refractivity contribution is 5.98. The predicted octanol–water partition coefficient (Wildman–Crippen LogP) is 5.15. The van der Waals surface area contributed by atoms with E-state index in [-0.39, 0.29) is 6.09 Å². The lowest BCUT2D eigenvalue weighted by Crippen LogP contribution is -2.50. The summed E-state index contributed by atoms with van der Waals surface area (Å²) in [6, 6.07) is 12.8. The number of ether oxygens (including phenoxy) is 2. The average molecular weight is 454 g/mol. The van der Waals surface area contributed by atoms with Crippen LogP contribution in [0.3, 0.4) is 0 Å². The zero-order valence-electron chi connectivity index (χ0n) is 20.5. The van der Waals surface area contributed by atoms with Crippen molar-refractivity contribution in [1.82, 2.24) is 9.80 Å². The number of likely N-dealkylation sites (tertiary alicyclic amines) is 1. The van der Waals surface area contributed by atoms with Gasteiger partial charge in [0, 0.05) is 49.2 Å². The summed E-state index contributed by atoms with van der Waals surface area (Å²) in [5.74, 6) is 0.959. The van der Waals surface area contributed by atoms with Crippen molar-refractivity contribution in [3.05, 3.63) is 36.4 Å². The van der Waals surface area contributed by atoms with Gasteiger partial charge in [0.05, 0.1) is 6.61 Å². The number of piperidine rings is 1. The van der Waals surface area contributed by atoms with E-state index >= 15 is 0 Å². The number of anilines is 1. The Bertz CT molecular complexity index is 926. The van der Waals surface area contributed by atoms with E-state index in [4.69, 9.17) is 9.47 Å². The van der Waals surface area contributed by atoms with Gasteiger partial charge in [-0.2, -0.15) is 0 Å². The number of benzene rings is 2. The van der Waals surface area contributed by atoms with Gasteiger partial charge in [-0.3, -0.25) is 0 Å². The molecule has 0 spiro atoms. The Balaban J connectivity index is 1.37. The molecule has 0 N–H and O–H groups in total. The van der Waals surface area contributed by atoms with Crippen LogP contribution in [0.1, 0.15) is 46.5 Å². The van der Waals surface area contributed by atoms with Gasteiger partial charge in [-0.1, -0.05) is 30.7 Å². The van der Waals surface area contributed by atoms with Crippen LogP contribution in [0, 0.1) is 0 Å². The number of hydrogen-bond acceptors (Lipinski definition) is 5. The van der Waals surface area contributed by atoms with Crippen LogP contribution >= 0.6 is 0 Å². The molecule has 0 unspecified atom stereocenters. The van der Waals surface area contributed by atoms with Crippen molar-refractivity contribution in [3.8, 4) is 5.75 Å². The van der Waals surface area contributed by atoms with Crippen LogP contribution in [-0.4, -0.2) is 73.9 Å². The van der Waals surface area contributed by atoms with E-state index in [0.717, 1.165) is 43.8 Å². The maximum absolute atomic E-state index is 12.4. The first-order valence-corrected chi connectivity index (χ1v) is 12.5. The molecule has 1 amide bonds. The lowest BCUT2D eigenvalue weighted by Gasteiger charge is -2.37. The Hall–Kier alpha value is -2.47. The minimum atomic E-state index is -0.464. The van der Waals surface area contributed by atoms with Crippen molar-refractivity contribution in [3.63, 3.8) is 0 Å². The molecule has 0 bridgehead atoms. The Morgan fingerprint density at radius 1 is 0.879 bits per heavy atom. The molecule has 2 aliphatic heterocycles. The second-order valence-electron chi connectivity index (χ2n) is 10.2. The fraction of sp³-hybridized carbons (Fsp3) is 0.593. The summed E-state index contributed by atoms with van der Waals surface area (Å²) in [5, 5.41) is 2.36. The first-order chi connectivity index (χ1) is 15.9. The molecule has 33 heavy (non-hydrogen) atoms. The van der Waals surface area contributed by atoms with Crippen molar-refractivity contribution in [2.45, 2.75) is 52.1 Å². The van der Waals surface area contributed by atoms with Gasteiger partial charge in [0.25, 0.3) is 0 Å². The van der Waals surface area contributed by atoms with Crippen molar-refractivity contribution in [2.75, 3.05) is 57.3 Å². The first kappa shape index (κ1) is 23.7. The summed E-state index contributed by atoms with van der Waals surface area (Å²) < 4.78 is 11.8. The van der Waals surface area contributed by atoms with Crippen molar-refractivity contribution < 1.29 is 14.3 Å². The Labute approximate surface area is 198 Å². The molecule has 2 saturated heterocycles. The van der Waals surface area contributed by atoms with Gasteiger partial charge in [-0.05, 0) is 65.3 Å². The van der Waals surface area contributed by atoms with Crippen LogP contribution in [-0.2, 0) is 4.74 Å². The molecule has 6 nitrogen and oxygen atoms in total. The van der Waals surface area contributed by atoms with Gasteiger partial charge in [0.1, 0.15) is 11.4 Å². The number of carbonyl (C=O) groups excluding carboxylic acids is 1. The fourth-order valence-electron chi connectivity index (χ4n) is 4.77. The molecule has 6 heteroatoms. The molecular formula is C27H39N3O3. The molecule has 0 radical (unpaired) electrons. The number of hydrogen-bond donors (Lipinski definition) is 0. The molecule has 2 aliphatic rings. The molecule has 0 atom stereocenters. The third-order valence-electron chi connectivity index (χ3n) is 6.46. The molecule has 2 heterocycles. The minimum absolute atomic E-state index is 0.222. The number of nitrogens with zero attached hydrogens (tertiary/aromatic N) is 3. The highest BCUT2D eigenvalue weighted by Crippen LogP contribution is 2.34. The summed E-state index contributed by atoms with van der Waals surface area (Å²) in [5.41, 5.74) is 0.740. The van der Waals surface area contributed by atoms with E-state index < -0.39 is 5.60 Å². The summed E-state index contributed by atoms with van der Waals surface area (Å²) in [7, 11) is 0. The second kappa shape index (κ2) is 10.6. The second-order valence-corrected chi connectivity index (χ2v) is 10.2. The fourth-order valence-corrected chi connectivity index (χ4v) is 4.77. The SMILES string of the molecule is CC(C)(C)OC(=O)N1CCN(c2ccc(OCCCN3CCCCC3)c3ccccc23)CC1. The van der Waals surface area contributed by atoms with Crippen LogP contribution in [0.15, 0.2) is 36.4 Å². The van der Waals surface area contributed by atoms with Gasteiger partial charge in [0.2, 0.25) is 0 Å². The van der Waals surface area contributed by atoms with Gasteiger partial charge in [0.15, 0.2) is 0 Å². The molecule has 180 valence electrons. The lowest BCUT2D eigenvalue weighted by molar-refractivity contribution is 0.0240. The number of rotatable bonds is 6. The third kappa shape index (κ3) is 6.32. The number of fused-ring (bicyclic) bond motifs is 1. The molecular weight excluding hydrogens is 414 g/mol. The number of amides is 1. The predicted molar refractivity (Wildman–Crippen MR) is 134 cm³/mol. The van der Waals surface area contributed by atoms with E-state index in [1.807, 2.05) is 25.7 Å². The Morgan fingerprint density at radius 2 is 1.58 bits per heavy atom. The van der Waals surface area contributed by atoms with E-state index in [1.54, 1.807) is 0 Å². The van der Waals surface area contributed by atoms with Gasteiger partial charge in [-0.25, -0.2) is 4.79 Å². The van der Waals surface area contributed by atoms with Gasteiger partial charge < -0.3 is 24.2 Å². The molecule has 0 aromatic heterocycles. The molecule has 0 aliphatic carbocycles. The Morgan fingerprint density at radius 3 is 2.27 bits per heavy atom. The zero-order chi connectivity index (χ0) is 23.3. The zero-order valence-corrected chi connectivity index (χ0v) is 20.5. The molecule has 2 aromatic rings. The summed E-state index contributed by atoms with van der Waals surface area (Å²) in [6.07, 6.45) is 4.88. The number of carbonyl (C=O) groups is 1. The number of piperazine rings is 1.